The molecule has 0 unspecified atom stereocenters. The van der Waals surface area contributed by atoms with E-state index < -0.39 is 29.4 Å². The zero-order chi connectivity index (χ0) is 26.6. The average Bonchev–Trinajstić information content (AvgIpc) is 2.88. The van der Waals surface area contributed by atoms with Gasteiger partial charge in [-0.15, -0.1) is 0 Å². The van der Waals surface area contributed by atoms with E-state index in [-0.39, 0.29) is 19.6 Å². The van der Waals surface area contributed by atoms with Gasteiger partial charge in [0.1, 0.15) is 0 Å². The fourth-order valence-electron chi connectivity index (χ4n) is 4.02. The van der Waals surface area contributed by atoms with Gasteiger partial charge in [-0.25, -0.2) is 9.59 Å². The van der Waals surface area contributed by atoms with Gasteiger partial charge >= 0.3 is 12.1 Å². The van der Waals surface area contributed by atoms with E-state index in [0.717, 1.165) is 26.5 Å². The second kappa shape index (κ2) is 10.7. The lowest BCUT2D eigenvalue weighted by Crippen LogP contribution is -2.54. The molecule has 0 radical (unpaired) electrons. The van der Waals surface area contributed by atoms with Crippen LogP contribution in [-0.4, -0.2) is 52.3 Å². The fourth-order valence-corrected chi connectivity index (χ4v) is 4.02. The molecule has 0 spiro atoms. The number of nitrogens with zero attached hydrogens (tertiary/aromatic N) is 2. The van der Waals surface area contributed by atoms with Crippen LogP contribution >= 0.6 is 0 Å². The Hall–Kier alpha value is -4.46. The van der Waals surface area contributed by atoms with Crippen molar-refractivity contribution in [3.63, 3.8) is 0 Å². The molecule has 8 nitrogen and oxygen atoms in total. The second-order valence-corrected chi connectivity index (χ2v) is 9.90. The van der Waals surface area contributed by atoms with Gasteiger partial charge in [0.25, 0.3) is 11.8 Å². The molecule has 0 saturated heterocycles. The van der Waals surface area contributed by atoms with E-state index in [2.05, 4.69) is 10.6 Å². The summed E-state index contributed by atoms with van der Waals surface area (Å²) >= 11 is 0. The molecule has 1 aliphatic rings. The highest BCUT2D eigenvalue weighted by Crippen LogP contribution is 2.24. The van der Waals surface area contributed by atoms with Crippen molar-refractivity contribution in [1.29, 1.82) is 0 Å². The van der Waals surface area contributed by atoms with Crippen LogP contribution in [0.2, 0.25) is 0 Å². The number of imide groups is 2. The predicted octanol–water partition coefficient (Wildman–Crippen LogP) is 4.67. The number of carbonyl (C=O) groups excluding carboxylic acids is 4. The first kappa shape index (κ1) is 25.6. The summed E-state index contributed by atoms with van der Waals surface area (Å²) < 4.78 is 0. The molecular formula is C29H30N4O4. The minimum absolute atomic E-state index is 0.171. The number of carbonyl (C=O) groups is 4. The summed E-state index contributed by atoms with van der Waals surface area (Å²) in [6.07, 6.45) is 0. The summed E-state index contributed by atoms with van der Waals surface area (Å²) in [5.41, 5.74) is 2.38. The molecule has 37 heavy (non-hydrogen) atoms. The molecule has 3 aromatic rings. The van der Waals surface area contributed by atoms with Crippen LogP contribution in [-0.2, 0) is 6.54 Å². The monoisotopic (exact) mass is 498 g/mol. The van der Waals surface area contributed by atoms with Crippen molar-refractivity contribution in [2.75, 3.05) is 13.1 Å². The van der Waals surface area contributed by atoms with Crippen LogP contribution in [0.15, 0.2) is 78.9 Å². The Morgan fingerprint density at radius 3 is 1.70 bits per heavy atom. The van der Waals surface area contributed by atoms with Crippen LogP contribution in [0.1, 0.15) is 47.1 Å². The van der Waals surface area contributed by atoms with Crippen LogP contribution in [0, 0.1) is 0 Å². The normalized spacial score (nSPS) is 13.9. The summed E-state index contributed by atoms with van der Waals surface area (Å²) in [7, 11) is 0. The lowest BCUT2D eigenvalue weighted by atomic mass is 10.00. The van der Waals surface area contributed by atoms with Crippen LogP contribution in [0.4, 0.5) is 9.59 Å². The first-order valence-electron chi connectivity index (χ1n) is 12.1. The number of urea groups is 2. The minimum Gasteiger partial charge on any atom is -0.334 e. The number of rotatable bonds is 2. The lowest BCUT2D eigenvalue weighted by Gasteiger charge is -2.30. The van der Waals surface area contributed by atoms with E-state index in [4.69, 9.17) is 0 Å². The van der Waals surface area contributed by atoms with Gasteiger partial charge in [-0.05, 0) is 61.7 Å². The predicted molar refractivity (Wildman–Crippen MR) is 141 cm³/mol. The zero-order valence-corrected chi connectivity index (χ0v) is 21.2. The highest BCUT2D eigenvalue weighted by atomic mass is 16.2. The number of nitrogens with one attached hydrogen (secondary N) is 2. The Morgan fingerprint density at radius 2 is 1.19 bits per heavy atom. The van der Waals surface area contributed by atoms with E-state index >= 15 is 0 Å². The first-order valence-corrected chi connectivity index (χ1v) is 12.1. The molecule has 0 aliphatic carbocycles. The summed E-state index contributed by atoms with van der Waals surface area (Å²) in [6.45, 7) is 5.31. The molecule has 6 amide bonds. The first-order chi connectivity index (χ1) is 17.6. The Kier molecular flexibility index (Phi) is 7.38. The second-order valence-electron chi connectivity index (χ2n) is 9.90. The van der Waals surface area contributed by atoms with Crippen molar-refractivity contribution in [1.82, 2.24) is 20.4 Å². The molecule has 0 aromatic heterocycles. The molecule has 1 aliphatic heterocycles. The summed E-state index contributed by atoms with van der Waals surface area (Å²) in [6, 6.07) is 22.0. The fraction of sp³-hybridized carbons (Fsp3) is 0.241. The summed E-state index contributed by atoms with van der Waals surface area (Å²) in [5, 5.41) is 5.59. The molecule has 0 saturated carbocycles. The van der Waals surface area contributed by atoms with E-state index in [1.54, 1.807) is 36.4 Å². The minimum atomic E-state index is -0.613. The van der Waals surface area contributed by atoms with Gasteiger partial charge in [-0.1, -0.05) is 54.6 Å². The summed E-state index contributed by atoms with van der Waals surface area (Å²) in [5.74, 6) is -1.04. The molecule has 2 N–H and O–H groups in total. The third kappa shape index (κ3) is 6.22. The van der Waals surface area contributed by atoms with E-state index in [0.29, 0.717) is 11.1 Å². The third-order valence-corrected chi connectivity index (χ3v) is 5.85. The maximum absolute atomic E-state index is 13.6. The van der Waals surface area contributed by atoms with Crippen molar-refractivity contribution in [3.05, 3.63) is 95.6 Å². The van der Waals surface area contributed by atoms with Crippen molar-refractivity contribution >= 4 is 23.9 Å². The molecule has 4 rings (SSSR count). The molecule has 0 fully saturated rings. The Labute approximate surface area is 216 Å². The van der Waals surface area contributed by atoms with Gasteiger partial charge in [0, 0.05) is 36.3 Å². The zero-order valence-electron chi connectivity index (χ0n) is 21.2. The van der Waals surface area contributed by atoms with Crippen molar-refractivity contribution in [2.24, 2.45) is 0 Å². The van der Waals surface area contributed by atoms with Crippen molar-refractivity contribution in [2.45, 2.75) is 32.9 Å². The third-order valence-electron chi connectivity index (χ3n) is 5.85. The number of fused-ring (bicyclic) bond motifs is 5. The molecule has 4 bridgehead atoms. The number of hydrogen-bond donors (Lipinski definition) is 2. The van der Waals surface area contributed by atoms with Crippen molar-refractivity contribution in [3.8, 4) is 11.1 Å². The van der Waals surface area contributed by atoms with E-state index in [9.17, 15) is 19.2 Å². The largest absolute Gasteiger partial charge is 0.334 e. The molecule has 0 atom stereocenters. The number of benzene rings is 3. The Bertz CT molecular complexity index is 1330. The van der Waals surface area contributed by atoms with E-state index in [1.807, 2.05) is 63.2 Å². The topological polar surface area (TPSA) is 98.8 Å². The smallest absolute Gasteiger partial charge is 0.324 e. The van der Waals surface area contributed by atoms with Gasteiger partial charge in [-0.2, -0.15) is 0 Å². The maximum atomic E-state index is 13.6. The van der Waals surface area contributed by atoms with Crippen molar-refractivity contribution < 1.29 is 19.2 Å². The molecule has 1 heterocycles. The van der Waals surface area contributed by atoms with Gasteiger partial charge in [0.15, 0.2) is 0 Å². The van der Waals surface area contributed by atoms with Crippen LogP contribution in [0.5, 0.6) is 0 Å². The molecule has 3 aromatic carbocycles. The number of amides is 6. The maximum Gasteiger partial charge on any atom is 0.324 e. The quantitative estimate of drug-likeness (QED) is 0.536. The molecule has 190 valence electrons. The summed E-state index contributed by atoms with van der Waals surface area (Å²) in [4.78, 5) is 55.5. The Balaban J connectivity index is 1.72. The van der Waals surface area contributed by atoms with Gasteiger partial charge < -0.3 is 10.6 Å². The Morgan fingerprint density at radius 1 is 0.703 bits per heavy atom. The lowest BCUT2D eigenvalue weighted by molar-refractivity contribution is 0.0719. The van der Waals surface area contributed by atoms with Crippen LogP contribution in [0.25, 0.3) is 11.1 Å². The van der Waals surface area contributed by atoms with Gasteiger partial charge in [0.05, 0.1) is 0 Å². The highest BCUT2D eigenvalue weighted by molar-refractivity contribution is 6.07. The number of hydrogen-bond acceptors (Lipinski definition) is 4. The van der Waals surface area contributed by atoms with Gasteiger partial charge in [-0.3, -0.25) is 19.4 Å². The van der Waals surface area contributed by atoms with Crippen LogP contribution < -0.4 is 10.6 Å². The standard InChI is InChI=1S/C29H30N4O4/c1-29(2,3)31-28(37)33-16-15-32(27(36)30-19-20-9-5-4-6-10-20)25(34)23-13-7-11-21(17-23)22-12-8-14-24(18-22)26(33)35/h4-14,17-18H,15-16,19H2,1-3H3,(H,30,36)(H,31,37). The molecule has 8 heteroatoms. The average molecular weight is 499 g/mol. The van der Waals surface area contributed by atoms with Gasteiger partial charge in [0.2, 0.25) is 0 Å². The SMILES string of the molecule is CC(C)(C)NC(=O)N1CCN(C(=O)NCc2ccccc2)C(=O)c2cccc(c2)-c2cccc(c2)C1=O. The highest BCUT2D eigenvalue weighted by Gasteiger charge is 2.30. The van der Waals surface area contributed by atoms with E-state index in [1.165, 1.54) is 0 Å². The molecular weight excluding hydrogens is 468 g/mol. The van der Waals surface area contributed by atoms with Crippen LogP contribution in [0.3, 0.4) is 0 Å².